The maximum Gasteiger partial charge on any atom is 0.242 e. The molecule has 2 saturated heterocycles. The monoisotopic (exact) mass is 225 g/mol. The van der Waals surface area contributed by atoms with Crippen LogP contribution in [0.2, 0.25) is 0 Å². The third kappa shape index (κ3) is 2.23. The molecule has 0 aromatic heterocycles. The van der Waals surface area contributed by atoms with Crippen LogP contribution in [0, 0.1) is 0 Å². The maximum absolute atomic E-state index is 12.5. The predicted molar refractivity (Wildman–Crippen MR) is 64.3 cm³/mol. The van der Waals surface area contributed by atoms with E-state index in [4.69, 9.17) is 0 Å². The van der Waals surface area contributed by atoms with Crippen molar-refractivity contribution in [3.8, 4) is 0 Å². The van der Waals surface area contributed by atoms with Gasteiger partial charge in [0.25, 0.3) is 0 Å². The van der Waals surface area contributed by atoms with Gasteiger partial charge in [-0.2, -0.15) is 0 Å². The van der Waals surface area contributed by atoms with Crippen LogP contribution in [-0.4, -0.2) is 49.1 Å². The van der Waals surface area contributed by atoms with Gasteiger partial charge in [-0.15, -0.1) is 0 Å². The van der Waals surface area contributed by atoms with Gasteiger partial charge >= 0.3 is 0 Å². The molecule has 2 fully saturated rings. The molecule has 1 atom stereocenters. The first kappa shape index (κ1) is 11.9. The molecule has 0 bridgehead atoms. The Labute approximate surface area is 97.8 Å². The van der Waals surface area contributed by atoms with Gasteiger partial charge in [0.05, 0.1) is 5.54 Å². The highest BCUT2D eigenvalue weighted by Gasteiger charge is 2.41. The zero-order valence-corrected chi connectivity index (χ0v) is 10.2. The summed E-state index contributed by atoms with van der Waals surface area (Å²) in [4.78, 5) is 14.6. The zero-order valence-electron chi connectivity index (χ0n) is 10.2. The van der Waals surface area contributed by atoms with Gasteiger partial charge < -0.3 is 15.5 Å². The van der Waals surface area contributed by atoms with Gasteiger partial charge in [0.2, 0.25) is 5.91 Å². The molecule has 4 nitrogen and oxygen atoms in total. The van der Waals surface area contributed by atoms with Crippen molar-refractivity contribution < 1.29 is 4.79 Å². The molecule has 2 aliphatic rings. The minimum Gasteiger partial charge on any atom is -0.340 e. The van der Waals surface area contributed by atoms with Crippen LogP contribution >= 0.6 is 0 Å². The molecule has 2 N–H and O–H groups in total. The SMILES string of the molecule is CCC1(C(=O)N2CCCNCC2)CCCN1. The fourth-order valence-corrected chi connectivity index (χ4v) is 2.79. The third-order valence-corrected chi connectivity index (χ3v) is 3.88. The average molecular weight is 225 g/mol. The number of carbonyl (C=O) groups is 1. The minimum absolute atomic E-state index is 0.246. The van der Waals surface area contributed by atoms with E-state index in [1.54, 1.807) is 0 Å². The Morgan fingerprint density at radius 2 is 2.12 bits per heavy atom. The lowest BCUT2D eigenvalue weighted by Gasteiger charge is -2.33. The Morgan fingerprint density at radius 3 is 2.81 bits per heavy atom. The van der Waals surface area contributed by atoms with Gasteiger partial charge in [-0.3, -0.25) is 4.79 Å². The summed E-state index contributed by atoms with van der Waals surface area (Å²) >= 11 is 0. The first-order valence-electron chi connectivity index (χ1n) is 6.54. The van der Waals surface area contributed by atoms with Crippen LogP contribution in [0.3, 0.4) is 0 Å². The summed E-state index contributed by atoms with van der Waals surface area (Å²) in [5.41, 5.74) is -0.246. The molecule has 0 radical (unpaired) electrons. The van der Waals surface area contributed by atoms with Crippen LogP contribution in [-0.2, 0) is 4.79 Å². The molecule has 0 saturated carbocycles. The molecule has 0 aliphatic carbocycles. The average Bonchev–Trinajstić information content (AvgIpc) is 2.64. The highest BCUT2D eigenvalue weighted by atomic mass is 16.2. The Hall–Kier alpha value is -0.610. The Bertz CT molecular complexity index is 241. The van der Waals surface area contributed by atoms with E-state index in [0.29, 0.717) is 5.91 Å². The number of amides is 1. The third-order valence-electron chi connectivity index (χ3n) is 3.88. The fraction of sp³-hybridized carbons (Fsp3) is 0.917. The largest absolute Gasteiger partial charge is 0.340 e. The first-order chi connectivity index (χ1) is 7.78. The number of carbonyl (C=O) groups excluding carboxylic acids is 1. The molecule has 4 heteroatoms. The summed E-state index contributed by atoms with van der Waals surface area (Å²) in [6.07, 6.45) is 4.12. The highest BCUT2D eigenvalue weighted by Crippen LogP contribution is 2.25. The smallest absolute Gasteiger partial charge is 0.242 e. The van der Waals surface area contributed by atoms with E-state index >= 15 is 0 Å². The highest BCUT2D eigenvalue weighted by molar-refractivity contribution is 5.86. The minimum atomic E-state index is -0.246. The summed E-state index contributed by atoms with van der Waals surface area (Å²) in [7, 11) is 0. The molecule has 16 heavy (non-hydrogen) atoms. The summed E-state index contributed by atoms with van der Waals surface area (Å²) < 4.78 is 0. The lowest BCUT2D eigenvalue weighted by molar-refractivity contribution is -0.137. The van der Waals surface area contributed by atoms with Crippen molar-refractivity contribution in [3.05, 3.63) is 0 Å². The van der Waals surface area contributed by atoms with Crippen molar-refractivity contribution >= 4 is 5.91 Å². The molecule has 2 heterocycles. The Morgan fingerprint density at radius 1 is 1.25 bits per heavy atom. The molecule has 0 aromatic rings. The summed E-state index contributed by atoms with van der Waals surface area (Å²) in [6, 6.07) is 0. The van der Waals surface area contributed by atoms with Crippen LogP contribution in [0.4, 0.5) is 0 Å². The van der Waals surface area contributed by atoms with Crippen LogP contribution < -0.4 is 10.6 Å². The number of nitrogens with one attached hydrogen (secondary N) is 2. The van der Waals surface area contributed by atoms with Crippen LogP contribution in [0.15, 0.2) is 0 Å². The van der Waals surface area contributed by atoms with Gasteiger partial charge in [0, 0.05) is 19.6 Å². The van der Waals surface area contributed by atoms with E-state index in [0.717, 1.165) is 58.4 Å². The van der Waals surface area contributed by atoms with E-state index in [-0.39, 0.29) is 5.54 Å². The fourth-order valence-electron chi connectivity index (χ4n) is 2.79. The second-order valence-electron chi connectivity index (χ2n) is 4.86. The van der Waals surface area contributed by atoms with Gasteiger partial charge in [-0.25, -0.2) is 0 Å². The van der Waals surface area contributed by atoms with Crippen molar-refractivity contribution in [1.29, 1.82) is 0 Å². The van der Waals surface area contributed by atoms with Crippen LogP contribution in [0.5, 0.6) is 0 Å². The lowest BCUT2D eigenvalue weighted by Crippen LogP contribution is -2.55. The van der Waals surface area contributed by atoms with Gasteiger partial charge in [-0.1, -0.05) is 6.92 Å². The van der Waals surface area contributed by atoms with E-state index in [9.17, 15) is 4.79 Å². The Balaban J connectivity index is 2.03. The number of nitrogens with zero attached hydrogens (tertiary/aromatic N) is 1. The van der Waals surface area contributed by atoms with Crippen molar-refractivity contribution in [2.45, 2.75) is 38.1 Å². The quantitative estimate of drug-likeness (QED) is 0.712. The Kier molecular flexibility index (Phi) is 3.82. The first-order valence-corrected chi connectivity index (χ1v) is 6.54. The summed E-state index contributed by atoms with van der Waals surface area (Å²) in [5.74, 6) is 0.330. The van der Waals surface area contributed by atoms with Gasteiger partial charge in [0.1, 0.15) is 0 Å². The van der Waals surface area contributed by atoms with Crippen molar-refractivity contribution in [2.24, 2.45) is 0 Å². The molecule has 1 amide bonds. The van der Waals surface area contributed by atoms with Crippen molar-refractivity contribution in [3.63, 3.8) is 0 Å². The molecule has 2 rings (SSSR count). The van der Waals surface area contributed by atoms with E-state index in [2.05, 4.69) is 17.6 Å². The second-order valence-corrected chi connectivity index (χ2v) is 4.86. The predicted octanol–water partition coefficient (Wildman–Crippen LogP) is 0.341. The molecule has 0 aromatic carbocycles. The molecule has 92 valence electrons. The molecule has 1 unspecified atom stereocenters. The number of hydrogen-bond donors (Lipinski definition) is 2. The summed E-state index contributed by atoms with van der Waals surface area (Å²) in [6.45, 7) is 6.86. The summed E-state index contributed by atoms with van der Waals surface area (Å²) in [5, 5.41) is 6.76. The van der Waals surface area contributed by atoms with Gasteiger partial charge in [-0.05, 0) is 38.8 Å². The van der Waals surface area contributed by atoms with Crippen molar-refractivity contribution in [1.82, 2.24) is 15.5 Å². The van der Waals surface area contributed by atoms with Crippen LogP contribution in [0.25, 0.3) is 0 Å². The van der Waals surface area contributed by atoms with Crippen LogP contribution in [0.1, 0.15) is 32.6 Å². The normalized spacial score (nSPS) is 31.4. The zero-order chi connectivity index (χ0) is 11.4. The second kappa shape index (κ2) is 5.15. The molecule has 2 aliphatic heterocycles. The number of rotatable bonds is 2. The molecule has 0 spiro atoms. The maximum atomic E-state index is 12.5. The molecular weight excluding hydrogens is 202 g/mol. The number of hydrogen-bond acceptors (Lipinski definition) is 3. The lowest BCUT2D eigenvalue weighted by atomic mass is 9.92. The standard InChI is InChI=1S/C12H23N3O/c1-2-12(5-3-7-14-12)11(16)15-9-4-6-13-8-10-15/h13-14H,2-10H2,1H3. The topological polar surface area (TPSA) is 44.4 Å². The van der Waals surface area contributed by atoms with E-state index in [1.165, 1.54) is 0 Å². The van der Waals surface area contributed by atoms with E-state index in [1.807, 2.05) is 4.90 Å². The van der Waals surface area contributed by atoms with Crippen molar-refractivity contribution in [2.75, 3.05) is 32.7 Å². The van der Waals surface area contributed by atoms with Gasteiger partial charge in [0.15, 0.2) is 0 Å². The molecular formula is C12H23N3O. The van der Waals surface area contributed by atoms with E-state index < -0.39 is 0 Å².